The second kappa shape index (κ2) is 8.15. The van der Waals surface area contributed by atoms with Gasteiger partial charge in [-0.15, -0.1) is 11.3 Å². The Labute approximate surface area is 146 Å². The largest absolute Gasteiger partial charge is 0.395 e. The number of thiazole rings is 1. The van der Waals surface area contributed by atoms with Crippen molar-refractivity contribution < 1.29 is 5.11 Å². The van der Waals surface area contributed by atoms with Crippen LogP contribution in [0.4, 0.5) is 0 Å². The van der Waals surface area contributed by atoms with E-state index < -0.39 is 0 Å². The van der Waals surface area contributed by atoms with E-state index in [0.29, 0.717) is 6.54 Å². The van der Waals surface area contributed by atoms with Crippen LogP contribution >= 0.6 is 11.3 Å². The van der Waals surface area contributed by atoms with Crippen LogP contribution in [-0.2, 0) is 6.54 Å². The smallest absolute Gasteiger partial charge is 0.125 e. The summed E-state index contributed by atoms with van der Waals surface area (Å²) >= 11 is 1.65. The number of benzene rings is 1. The van der Waals surface area contributed by atoms with Gasteiger partial charge in [0.25, 0.3) is 0 Å². The summed E-state index contributed by atoms with van der Waals surface area (Å²) in [5.41, 5.74) is 2.26. The predicted molar refractivity (Wildman–Crippen MR) is 97.9 cm³/mol. The van der Waals surface area contributed by atoms with Crippen molar-refractivity contribution in [2.24, 2.45) is 0 Å². The van der Waals surface area contributed by atoms with Crippen LogP contribution in [0.3, 0.4) is 0 Å². The molecule has 0 radical (unpaired) electrons. The highest BCUT2D eigenvalue weighted by molar-refractivity contribution is 7.15. The number of nitrogens with one attached hydrogen (secondary N) is 1. The molecule has 0 unspecified atom stereocenters. The summed E-state index contributed by atoms with van der Waals surface area (Å²) < 4.78 is 0. The molecule has 24 heavy (non-hydrogen) atoms. The first-order valence-electron chi connectivity index (χ1n) is 8.02. The van der Waals surface area contributed by atoms with Crippen LogP contribution in [0, 0.1) is 0 Å². The monoisotopic (exact) mass is 339 g/mol. The number of hydrogen-bond donors (Lipinski definition) is 2. The standard InChI is InChI=1S/C19H21N3OS/c1-14(15-6-3-2-4-7-15)18(13-23)21-11-17-12-22-19(24-17)16-8-5-9-20-10-16/h2-10,12,14,18,21,23H,11,13H2,1H3/t14-,18-/m1/s1. The van der Waals surface area contributed by atoms with E-state index in [1.165, 1.54) is 5.56 Å². The number of nitrogens with zero attached hydrogens (tertiary/aromatic N) is 2. The molecule has 2 atom stereocenters. The van der Waals surface area contributed by atoms with Crippen LogP contribution in [0.2, 0.25) is 0 Å². The van der Waals surface area contributed by atoms with E-state index in [4.69, 9.17) is 0 Å². The molecular weight excluding hydrogens is 318 g/mol. The molecule has 2 aromatic heterocycles. The zero-order valence-electron chi connectivity index (χ0n) is 13.6. The van der Waals surface area contributed by atoms with Gasteiger partial charge in [-0.1, -0.05) is 37.3 Å². The molecule has 3 rings (SSSR count). The van der Waals surface area contributed by atoms with Crippen molar-refractivity contribution in [1.29, 1.82) is 0 Å². The van der Waals surface area contributed by atoms with Gasteiger partial charge >= 0.3 is 0 Å². The second-order valence-corrected chi connectivity index (χ2v) is 6.86. The van der Waals surface area contributed by atoms with Crippen LogP contribution in [0.25, 0.3) is 10.6 Å². The zero-order valence-corrected chi connectivity index (χ0v) is 14.4. The molecule has 2 heterocycles. The molecule has 5 heteroatoms. The van der Waals surface area contributed by atoms with Crippen molar-refractivity contribution in [3.8, 4) is 10.6 Å². The van der Waals surface area contributed by atoms with Crippen molar-refractivity contribution in [3.63, 3.8) is 0 Å². The number of rotatable bonds is 7. The predicted octanol–water partition coefficient (Wildman–Crippen LogP) is 3.46. The second-order valence-electron chi connectivity index (χ2n) is 5.74. The zero-order chi connectivity index (χ0) is 16.8. The van der Waals surface area contributed by atoms with Crippen molar-refractivity contribution in [2.75, 3.05) is 6.61 Å². The molecule has 2 N–H and O–H groups in total. The Hall–Kier alpha value is -2.08. The fourth-order valence-corrected chi connectivity index (χ4v) is 3.49. The minimum absolute atomic E-state index is 0.0105. The first kappa shape index (κ1) is 16.8. The fraction of sp³-hybridized carbons (Fsp3) is 0.263. The Morgan fingerprint density at radius 2 is 1.96 bits per heavy atom. The molecule has 0 saturated carbocycles. The lowest BCUT2D eigenvalue weighted by atomic mass is 9.94. The van der Waals surface area contributed by atoms with Gasteiger partial charge in [-0.25, -0.2) is 4.98 Å². The Morgan fingerprint density at radius 1 is 1.12 bits per heavy atom. The molecule has 0 aliphatic rings. The third-order valence-corrected chi connectivity index (χ3v) is 5.17. The maximum Gasteiger partial charge on any atom is 0.125 e. The quantitative estimate of drug-likeness (QED) is 0.692. The molecule has 0 fully saturated rings. The maximum atomic E-state index is 9.74. The van der Waals surface area contributed by atoms with Crippen molar-refractivity contribution in [2.45, 2.75) is 25.4 Å². The summed E-state index contributed by atoms with van der Waals surface area (Å²) in [4.78, 5) is 9.75. The summed E-state index contributed by atoms with van der Waals surface area (Å²) in [6, 6.07) is 14.2. The summed E-state index contributed by atoms with van der Waals surface area (Å²) in [7, 11) is 0. The molecule has 0 aliphatic carbocycles. The molecule has 1 aromatic carbocycles. The Morgan fingerprint density at radius 3 is 2.67 bits per heavy atom. The van der Waals surface area contributed by atoms with Gasteiger partial charge in [-0.3, -0.25) is 4.98 Å². The van der Waals surface area contributed by atoms with Gasteiger partial charge in [0.2, 0.25) is 0 Å². The summed E-state index contributed by atoms with van der Waals surface area (Å²) in [5.74, 6) is 0.238. The topological polar surface area (TPSA) is 58.0 Å². The van der Waals surface area contributed by atoms with E-state index in [1.807, 2.05) is 42.7 Å². The van der Waals surface area contributed by atoms with Gasteiger partial charge in [0.1, 0.15) is 5.01 Å². The number of aromatic nitrogens is 2. The molecule has 0 aliphatic heterocycles. The first-order valence-corrected chi connectivity index (χ1v) is 8.84. The average Bonchev–Trinajstić information content (AvgIpc) is 3.12. The van der Waals surface area contributed by atoms with E-state index in [1.54, 1.807) is 17.5 Å². The molecular formula is C19H21N3OS. The lowest BCUT2D eigenvalue weighted by Gasteiger charge is -2.23. The molecule has 0 amide bonds. The molecule has 0 bridgehead atoms. The van der Waals surface area contributed by atoms with Crippen LogP contribution in [0.15, 0.2) is 61.1 Å². The minimum Gasteiger partial charge on any atom is -0.395 e. The van der Waals surface area contributed by atoms with E-state index in [2.05, 4.69) is 34.3 Å². The maximum absolute atomic E-state index is 9.74. The first-order chi connectivity index (χ1) is 11.8. The van der Waals surface area contributed by atoms with E-state index in [9.17, 15) is 5.11 Å². The van der Waals surface area contributed by atoms with E-state index >= 15 is 0 Å². The third-order valence-electron chi connectivity index (χ3n) is 4.13. The van der Waals surface area contributed by atoms with Crippen molar-refractivity contribution in [3.05, 3.63) is 71.5 Å². The van der Waals surface area contributed by atoms with Gasteiger partial charge < -0.3 is 10.4 Å². The van der Waals surface area contributed by atoms with Gasteiger partial charge in [-0.2, -0.15) is 0 Å². The van der Waals surface area contributed by atoms with Crippen LogP contribution in [-0.4, -0.2) is 27.7 Å². The Bertz CT molecular complexity index is 746. The van der Waals surface area contributed by atoms with E-state index in [-0.39, 0.29) is 18.6 Å². The SMILES string of the molecule is C[C@H](c1ccccc1)[C@@H](CO)NCc1cnc(-c2cccnc2)s1. The van der Waals surface area contributed by atoms with Gasteiger partial charge in [0.15, 0.2) is 0 Å². The number of pyridine rings is 1. The van der Waals surface area contributed by atoms with E-state index in [0.717, 1.165) is 15.4 Å². The molecule has 3 aromatic rings. The van der Waals surface area contributed by atoms with Crippen LogP contribution in [0.1, 0.15) is 23.3 Å². The molecule has 124 valence electrons. The normalized spacial score (nSPS) is 13.6. The lowest BCUT2D eigenvalue weighted by Crippen LogP contribution is -2.36. The fourth-order valence-electron chi connectivity index (χ4n) is 2.63. The minimum atomic E-state index is 0.0105. The highest BCUT2D eigenvalue weighted by Crippen LogP contribution is 2.25. The molecule has 0 saturated heterocycles. The van der Waals surface area contributed by atoms with Crippen LogP contribution < -0.4 is 5.32 Å². The van der Waals surface area contributed by atoms with Gasteiger partial charge in [-0.05, 0) is 23.6 Å². The van der Waals surface area contributed by atoms with Crippen LogP contribution in [0.5, 0.6) is 0 Å². The molecule has 4 nitrogen and oxygen atoms in total. The highest BCUT2D eigenvalue weighted by atomic mass is 32.1. The third kappa shape index (κ3) is 4.06. The number of aliphatic hydroxyl groups is 1. The Balaban J connectivity index is 1.63. The van der Waals surface area contributed by atoms with Crippen molar-refractivity contribution in [1.82, 2.24) is 15.3 Å². The summed E-state index contributed by atoms with van der Waals surface area (Å²) in [6.45, 7) is 2.93. The summed E-state index contributed by atoms with van der Waals surface area (Å²) in [5, 5.41) is 14.2. The van der Waals surface area contributed by atoms with Crippen molar-refractivity contribution >= 4 is 11.3 Å². The highest BCUT2D eigenvalue weighted by Gasteiger charge is 2.18. The molecule has 0 spiro atoms. The summed E-state index contributed by atoms with van der Waals surface area (Å²) in [6.07, 6.45) is 5.47. The Kier molecular flexibility index (Phi) is 5.69. The van der Waals surface area contributed by atoms with Gasteiger partial charge in [0.05, 0.1) is 6.61 Å². The lowest BCUT2D eigenvalue weighted by molar-refractivity contribution is 0.226. The average molecular weight is 339 g/mol. The number of aliphatic hydroxyl groups excluding tert-OH is 1. The van der Waals surface area contributed by atoms with Gasteiger partial charge in [0, 0.05) is 41.6 Å². The number of hydrogen-bond acceptors (Lipinski definition) is 5.